The van der Waals surface area contributed by atoms with Gasteiger partial charge in [-0.1, -0.05) is 0 Å². The highest BCUT2D eigenvalue weighted by Crippen LogP contribution is 2.11. The van der Waals surface area contributed by atoms with Gasteiger partial charge in [-0.25, -0.2) is 0 Å². The smallest absolute Gasteiger partial charge is 0.251 e. The summed E-state index contributed by atoms with van der Waals surface area (Å²) in [7, 11) is 3.94. The fraction of sp³-hybridized carbons (Fsp3) is 0.357. The number of hydrogen-bond donors (Lipinski definition) is 1. The second-order valence-corrected chi connectivity index (χ2v) is 3.87. The van der Waals surface area contributed by atoms with Crippen LogP contribution in [0, 0.1) is 11.8 Å². The number of amides is 1. The molecule has 0 aliphatic carbocycles. The molecule has 3 nitrogen and oxygen atoms in total. The quantitative estimate of drug-likeness (QED) is 0.633. The van der Waals surface area contributed by atoms with Gasteiger partial charge in [0.15, 0.2) is 0 Å². The molecule has 1 N–H and O–H groups in total. The minimum absolute atomic E-state index is 0.0480. The zero-order chi connectivity index (χ0) is 12.7. The number of rotatable bonds is 4. The van der Waals surface area contributed by atoms with Crippen LogP contribution in [0.15, 0.2) is 24.3 Å². The van der Waals surface area contributed by atoms with E-state index in [0.717, 1.165) is 5.69 Å². The van der Waals surface area contributed by atoms with E-state index in [1.807, 2.05) is 43.3 Å². The first kappa shape index (κ1) is 13.1. The molecule has 0 saturated heterocycles. The monoisotopic (exact) mass is 230 g/mol. The van der Waals surface area contributed by atoms with E-state index in [9.17, 15) is 4.79 Å². The fourth-order valence-corrected chi connectivity index (χ4v) is 1.38. The van der Waals surface area contributed by atoms with Crippen molar-refractivity contribution in [3.63, 3.8) is 0 Å². The van der Waals surface area contributed by atoms with Crippen molar-refractivity contribution in [2.24, 2.45) is 0 Å². The third-order valence-electron chi connectivity index (χ3n) is 2.36. The Hall–Kier alpha value is -1.95. The maximum absolute atomic E-state index is 11.7. The van der Waals surface area contributed by atoms with E-state index >= 15 is 0 Å². The summed E-state index contributed by atoms with van der Waals surface area (Å²) in [5.41, 5.74) is 1.76. The Labute approximate surface area is 103 Å². The van der Waals surface area contributed by atoms with Crippen LogP contribution in [0.1, 0.15) is 23.7 Å². The molecule has 1 amide bonds. The van der Waals surface area contributed by atoms with Gasteiger partial charge >= 0.3 is 0 Å². The molecule has 0 unspecified atom stereocenters. The molecule has 1 aromatic carbocycles. The van der Waals surface area contributed by atoms with E-state index in [4.69, 9.17) is 0 Å². The third kappa shape index (κ3) is 4.20. The molecule has 0 aliphatic rings. The fourth-order valence-electron chi connectivity index (χ4n) is 1.38. The lowest BCUT2D eigenvalue weighted by Gasteiger charge is -2.12. The summed E-state index contributed by atoms with van der Waals surface area (Å²) < 4.78 is 0. The van der Waals surface area contributed by atoms with Gasteiger partial charge in [0.05, 0.1) is 0 Å². The van der Waals surface area contributed by atoms with Crippen LogP contribution in [0.3, 0.4) is 0 Å². The largest absolute Gasteiger partial charge is 0.378 e. The van der Waals surface area contributed by atoms with Crippen LogP contribution in [0.5, 0.6) is 0 Å². The van der Waals surface area contributed by atoms with Crippen molar-refractivity contribution in [1.29, 1.82) is 0 Å². The van der Waals surface area contributed by atoms with Gasteiger partial charge in [-0.3, -0.25) is 4.79 Å². The summed E-state index contributed by atoms with van der Waals surface area (Å²) >= 11 is 0. The average molecular weight is 230 g/mol. The van der Waals surface area contributed by atoms with Crippen molar-refractivity contribution in [2.45, 2.75) is 13.3 Å². The highest BCUT2D eigenvalue weighted by atomic mass is 16.1. The maximum Gasteiger partial charge on any atom is 0.251 e. The number of nitrogens with one attached hydrogen (secondary N) is 1. The molecule has 90 valence electrons. The molecular weight excluding hydrogens is 212 g/mol. The average Bonchev–Trinajstić information content (AvgIpc) is 2.34. The van der Waals surface area contributed by atoms with Gasteiger partial charge in [0.25, 0.3) is 5.91 Å². The second-order valence-electron chi connectivity index (χ2n) is 3.87. The molecule has 0 atom stereocenters. The minimum Gasteiger partial charge on any atom is -0.378 e. The molecule has 0 radical (unpaired) electrons. The van der Waals surface area contributed by atoms with Crippen molar-refractivity contribution < 1.29 is 4.79 Å². The van der Waals surface area contributed by atoms with Crippen LogP contribution in [-0.2, 0) is 0 Å². The number of hydrogen-bond acceptors (Lipinski definition) is 2. The molecule has 3 heteroatoms. The highest BCUT2D eigenvalue weighted by molar-refractivity contribution is 5.94. The molecule has 0 bridgehead atoms. The van der Waals surface area contributed by atoms with E-state index in [-0.39, 0.29) is 5.91 Å². The molecule has 1 aromatic rings. The predicted octanol–water partition coefficient (Wildman–Crippen LogP) is 1.90. The van der Waals surface area contributed by atoms with Gasteiger partial charge in [0.1, 0.15) is 0 Å². The molecule has 0 fully saturated rings. The van der Waals surface area contributed by atoms with Crippen LogP contribution in [0.2, 0.25) is 0 Å². The molecular formula is C14H18N2O. The number of benzene rings is 1. The molecule has 1 rings (SSSR count). The number of carbonyl (C=O) groups is 1. The number of carbonyl (C=O) groups excluding carboxylic acids is 1. The van der Waals surface area contributed by atoms with E-state index in [1.165, 1.54) is 0 Å². The van der Waals surface area contributed by atoms with Crippen LogP contribution in [0.25, 0.3) is 0 Å². The Morgan fingerprint density at radius 3 is 2.47 bits per heavy atom. The normalized spacial score (nSPS) is 9.12. The van der Waals surface area contributed by atoms with E-state index in [0.29, 0.717) is 18.5 Å². The summed E-state index contributed by atoms with van der Waals surface area (Å²) in [4.78, 5) is 13.7. The Morgan fingerprint density at radius 1 is 1.29 bits per heavy atom. The molecule has 0 saturated carbocycles. The Kier molecular flexibility index (Phi) is 5.09. The van der Waals surface area contributed by atoms with E-state index < -0.39 is 0 Å². The van der Waals surface area contributed by atoms with Gasteiger partial charge in [-0.15, -0.1) is 11.8 Å². The summed E-state index contributed by atoms with van der Waals surface area (Å²) in [5.74, 6) is 5.65. The Balaban J connectivity index is 2.53. The first-order chi connectivity index (χ1) is 8.15. The lowest BCUT2D eigenvalue weighted by molar-refractivity contribution is 0.0954. The van der Waals surface area contributed by atoms with Crippen LogP contribution < -0.4 is 10.2 Å². The second kappa shape index (κ2) is 6.59. The van der Waals surface area contributed by atoms with Gasteiger partial charge in [-0.05, 0) is 31.2 Å². The van der Waals surface area contributed by atoms with Gasteiger partial charge < -0.3 is 10.2 Å². The van der Waals surface area contributed by atoms with Crippen molar-refractivity contribution in [1.82, 2.24) is 5.32 Å². The molecule has 0 heterocycles. The van der Waals surface area contributed by atoms with Crippen molar-refractivity contribution >= 4 is 11.6 Å². The van der Waals surface area contributed by atoms with Gasteiger partial charge in [-0.2, -0.15) is 0 Å². The summed E-state index contributed by atoms with van der Waals surface area (Å²) in [5, 5.41) is 2.83. The predicted molar refractivity (Wildman–Crippen MR) is 71.2 cm³/mol. The highest BCUT2D eigenvalue weighted by Gasteiger charge is 2.04. The van der Waals surface area contributed by atoms with Gasteiger partial charge in [0, 0.05) is 38.3 Å². The first-order valence-electron chi connectivity index (χ1n) is 5.60. The van der Waals surface area contributed by atoms with Crippen LogP contribution >= 0.6 is 0 Å². The number of nitrogens with zero attached hydrogens (tertiary/aromatic N) is 1. The lowest BCUT2D eigenvalue weighted by Crippen LogP contribution is -2.24. The molecule has 0 spiro atoms. The van der Waals surface area contributed by atoms with Crippen molar-refractivity contribution in [3.05, 3.63) is 29.8 Å². The number of anilines is 1. The molecule has 17 heavy (non-hydrogen) atoms. The van der Waals surface area contributed by atoms with Crippen molar-refractivity contribution in [2.75, 3.05) is 25.5 Å². The SMILES string of the molecule is CC#CCCNC(=O)c1ccc(N(C)C)cc1. The van der Waals surface area contributed by atoms with Crippen LogP contribution in [0.4, 0.5) is 5.69 Å². The van der Waals surface area contributed by atoms with Crippen LogP contribution in [-0.4, -0.2) is 26.5 Å². The summed E-state index contributed by atoms with van der Waals surface area (Å²) in [6.45, 7) is 2.39. The third-order valence-corrected chi connectivity index (χ3v) is 2.36. The van der Waals surface area contributed by atoms with E-state index in [2.05, 4.69) is 17.2 Å². The molecule has 0 aromatic heterocycles. The zero-order valence-electron chi connectivity index (χ0n) is 10.6. The Morgan fingerprint density at radius 2 is 1.94 bits per heavy atom. The summed E-state index contributed by atoms with van der Waals surface area (Å²) in [6, 6.07) is 7.52. The topological polar surface area (TPSA) is 32.3 Å². The maximum atomic E-state index is 11.7. The molecule has 0 aliphatic heterocycles. The Bertz CT molecular complexity index is 424. The standard InChI is InChI=1S/C14H18N2O/c1-4-5-6-11-15-14(17)12-7-9-13(10-8-12)16(2)3/h7-10H,6,11H2,1-3H3,(H,15,17). The zero-order valence-corrected chi connectivity index (χ0v) is 10.6. The lowest BCUT2D eigenvalue weighted by atomic mass is 10.2. The summed E-state index contributed by atoms with van der Waals surface area (Å²) in [6.07, 6.45) is 0.692. The van der Waals surface area contributed by atoms with Gasteiger partial charge in [0.2, 0.25) is 0 Å². The van der Waals surface area contributed by atoms with E-state index in [1.54, 1.807) is 6.92 Å². The van der Waals surface area contributed by atoms with Crippen molar-refractivity contribution in [3.8, 4) is 11.8 Å². The first-order valence-corrected chi connectivity index (χ1v) is 5.60. The minimum atomic E-state index is -0.0480.